The number of carbonyl (C=O) groups excluding carboxylic acids is 1. The average Bonchev–Trinajstić information content (AvgIpc) is 2.34. The van der Waals surface area contributed by atoms with Gasteiger partial charge in [-0.1, -0.05) is 12.2 Å². The van der Waals surface area contributed by atoms with Crippen LogP contribution in [-0.2, 0) is 17.6 Å². The van der Waals surface area contributed by atoms with E-state index in [0.29, 0.717) is 12.8 Å². The highest BCUT2D eigenvalue weighted by Gasteiger charge is 2.38. The van der Waals surface area contributed by atoms with Gasteiger partial charge in [0, 0.05) is 5.69 Å². The van der Waals surface area contributed by atoms with Crippen molar-refractivity contribution in [3.8, 4) is 0 Å². The first-order chi connectivity index (χ1) is 9.29. The van der Waals surface area contributed by atoms with E-state index in [2.05, 4.69) is 13.2 Å². The van der Waals surface area contributed by atoms with E-state index in [-0.39, 0.29) is 5.69 Å². The highest BCUT2D eigenvalue weighted by Crippen LogP contribution is 2.24. The molecule has 0 unspecified atom stereocenters. The van der Waals surface area contributed by atoms with Gasteiger partial charge in [0.15, 0.2) is 0 Å². The lowest BCUT2D eigenvalue weighted by molar-refractivity contribution is -0.167. The minimum absolute atomic E-state index is 0.131. The standard InChI is InChI=1S/C15H16F3NO/c1-4-6-11-8-13(19-14(20)15(16,17)18)9-12(7-5-2)10(11)3/h4-5,8-9H,1-2,6-7H2,3H3,(H,19,20). The molecule has 0 aliphatic rings. The van der Waals surface area contributed by atoms with E-state index in [0.717, 1.165) is 16.7 Å². The fraction of sp³-hybridized carbons (Fsp3) is 0.267. The Morgan fingerprint density at radius 1 is 1.20 bits per heavy atom. The number of nitrogens with one attached hydrogen (secondary N) is 1. The monoisotopic (exact) mass is 283 g/mol. The Bertz CT molecular complexity index is 501. The zero-order valence-corrected chi connectivity index (χ0v) is 11.2. The van der Waals surface area contributed by atoms with E-state index in [9.17, 15) is 18.0 Å². The Morgan fingerprint density at radius 3 is 2.00 bits per heavy atom. The van der Waals surface area contributed by atoms with Crippen molar-refractivity contribution in [1.29, 1.82) is 0 Å². The molecular formula is C15H16F3NO. The maximum atomic E-state index is 12.3. The topological polar surface area (TPSA) is 29.1 Å². The summed E-state index contributed by atoms with van der Waals surface area (Å²) >= 11 is 0. The second-order valence-corrected chi connectivity index (χ2v) is 4.36. The average molecular weight is 283 g/mol. The molecule has 0 heterocycles. The number of allylic oxidation sites excluding steroid dienone is 2. The van der Waals surface area contributed by atoms with Crippen LogP contribution in [0, 0.1) is 6.92 Å². The predicted molar refractivity (Wildman–Crippen MR) is 73.7 cm³/mol. The van der Waals surface area contributed by atoms with E-state index in [4.69, 9.17) is 0 Å². The summed E-state index contributed by atoms with van der Waals surface area (Å²) in [6.45, 7) is 9.11. The van der Waals surface area contributed by atoms with E-state index in [1.807, 2.05) is 12.2 Å². The summed E-state index contributed by atoms with van der Waals surface area (Å²) in [6, 6.07) is 3.07. The number of halogens is 3. The molecule has 0 bridgehead atoms. The third-order valence-corrected chi connectivity index (χ3v) is 2.87. The van der Waals surface area contributed by atoms with E-state index in [1.54, 1.807) is 12.2 Å². The largest absolute Gasteiger partial charge is 0.471 e. The molecule has 2 nitrogen and oxygen atoms in total. The molecule has 0 radical (unpaired) electrons. The Hall–Kier alpha value is -2.04. The summed E-state index contributed by atoms with van der Waals surface area (Å²) < 4.78 is 36.8. The number of anilines is 1. The normalized spacial score (nSPS) is 11.0. The maximum Gasteiger partial charge on any atom is 0.471 e. The van der Waals surface area contributed by atoms with Gasteiger partial charge in [-0.3, -0.25) is 4.79 Å². The van der Waals surface area contributed by atoms with Crippen LogP contribution < -0.4 is 5.32 Å². The minimum atomic E-state index is -4.90. The maximum absolute atomic E-state index is 12.3. The second kappa shape index (κ2) is 6.41. The molecular weight excluding hydrogens is 267 g/mol. The van der Waals surface area contributed by atoms with Crippen LogP contribution in [0.1, 0.15) is 16.7 Å². The molecule has 108 valence electrons. The Labute approximate surface area is 116 Å². The van der Waals surface area contributed by atoms with Crippen LogP contribution in [0.25, 0.3) is 0 Å². The molecule has 1 aromatic carbocycles. The highest BCUT2D eigenvalue weighted by molar-refractivity contribution is 5.95. The fourth-order valence-corrected chi connectivity index (χ4v) is 1.85. The molecule has 0 atom stereocenters. The third kappa shape index (κ3) is 3.98. The number of amides is 1. The number of hydrogen-bond donors (Lipinski definition) is 1. The molecule has 0 spiro atoms. The molecule has 0 aliphatic heterocycles. The molecule has 1 rings (SSSR count). The van der Waals surface area contributed by atoms with E-state index in [1.165, 1.54) is 12.1 Å². The summed E-state index contributed by atoms with van der Waals surface area (Å²) in [5.41, 5.74) is 2.76. The van der Waals surface area contributed by atoms with Crippen molar-refractivity contribution in [2.45, 2.75) is 25.9 Å². The lowest BCUT2D eigenvalue weighted by atomic mass is 9.97. The van der Waals surface area contributed by atoms with Crippen LogP contribution in [0.5, 0.6) is 0 Å². The van der Waals surface area contributed by atoms with Crippen LogP contribution in [-0.4, -0.2) is 12.1 Å². The molecule has 1 amide bonds. The smallest absolute Gasteiger partial charge is 0.318 e. The molecule has 1 aromatic rings. The van der Waals surface area contributed by atoms with Gasteiger partial charge in [0.05, 0.1) is 0 Å². The first kappa shape index (κ1) is 16.0. The minimum Gasteiger partial charge on any atom is -0.318 e. The van der Waals surface area contributed by atoms with Crippen molar-refractivity contribution < 1.29 is 18.0 Å². The van der Waals surface area contributed by atoms with Crippen molar-refractivity contribution in [3.05, 3.63) is 54.1 Å². The summed E-state index contributed by atoms with van der Waals surface area (Å²) in [6.07, 6.45) is -0.537. The quantitative estimate of drug-likeness (QED) is 0.814. The molecule has 0 saturated carbocycles. The van der Waals surface area contributed by atoms with Crippen LogP contribution >= 0.6 is 0 Å². The predicted octanol–water partition coefficient (Wildman–Crippen LogP) is 3.95. The van der Waals surface area contributed by atoms with Gasteiger partial charge in [-0.25, -0.2) is 0 Å². The Kier molecular flexibility index (Phi) is 5.13. The lowest BCUT2D eigenvalue weighted by Gasteiger charge is -2.14. The first-order valence-electron chi connectivity index (χ1n) is 6.02. The van der Waals surface area contributed by atoms with Crippen LogP contribution in [0.2, 0.25) is 0 Å². The van der Waals surface area contributed by atoms with Gasteiger partial charge in [-0.2, -0.15) is 13.2 Å². The second-order valence-electron chi connectivity index (χ2n) is 4.36. The van der Waals surface area contributed by atoms with Gasteiger partial charge < -0.3 is 5.32 Å². The van der Waals surface area contributed by atoms with E-state index >= 15 is 0 Å². The van der Waals surface area contributed by atoms with Crippen molar-refractivity contribution >= 4 is 11.6 Å². The van der Waals surface area contributed by atoms with Crippen molar-refractivity contribution in [1.82, 2.24) is 0 Å². The lowest BCUT2D eigenvalue weighted by Crippen LogP contribution is -2.30. The highest BCUT2D eigenvalue weighted by atomic mass is 19.4. The zero-order valence-electron chi connectivity index (χ0n) is 11.2. The van der Waals surface area contributed by atoms with Gasteiger partial charge in [-0.15, -0.1) is 13.2 Å². The molecule has 0 aromatic heterocycles. The first-order valence-corrected chi connectivity index (χ1v) is 6.02. The summed E-state index contributed by atoms with van der Waals surface area (Å²) in [4.78, 5) is 11.0. The number of alkyl halides is 3. The number of hydrogen-bond acceptors (Lipinski definition) is 1. The third-order valence-electron chi connectivity index (χ3n) is 2.87. The van der Waals surface area contributed by atoms with Crippen molar-refractivity contribution in [3.63, 3.8) is 0 Å². The van der Waals surface area contributed by atoms with Crippen molar-refractivity contribution in [2.24, 2.45) is 0 Å². The van der Waals surface area contributed by atoms with Gasteiger partial charge in [-0.05, 0) is 48.6 Å². The van der Waals surface area contributed by atoms with Crippen LogP contribution in [0.4, 0.5) is 18.9 Å². The molecule has 5 heteroatoms. The van der Waals surface area contributed by atoms with Crippen molar-refractivity contribution in [2.75, 3.05) is 5.32 Å². The molecule has 0 aliphatic carbocycles. The van der Waals surface area contributed by atoms with Gasteiger partial charge >= 0.3 is 12.1 Å². The van der Waals surface area contributed by atoms with E-state index < -0.39 is 12.1 Å². The van der Waals surface area contributed by atoms with Gasteiger partial charge in [0.1, 0.15) is 0 Å². The Morgan fingerprint density at radius 2 is 1.65 bits per heavy atom. The molecule has 0 saturated heterocycles. The summed E-state index contributed by atoms with van der Waals surface area (Å²) in [5.74, 6) is -1.98. The SMILES string of the molecule is C=CCc1cc(NC(=O)C(F)(F)F)cc(CC=C)c1C. The molecule has 0 fully saturated rings. The van der Waals surface area contributed by atoms with Gasteiger partial charge in [0.2, 0.25) is 0 Å². The summed E-state index contributed by atoms with van der Waals surface area (Å²) in [7, 11) is 0. The fourth-order valence-electron chi connectivity index (χ4n) is 1.85. The number of rotatable bonds is 5. The number of carbonyl (C=O) groups is 1. The zero-order chi connectivity index (χ0) is 15.3. The van der Waals surface area contributed by atoms with Crippen LogP contribution in [0.15, 0.2) is 37.4 Å². The van der Waals surface area contributed by atoms with Crippen LogP contribution in [0.3, 0.4) is 0 Å². The summed E-state index contributed by atoms with van der Waals surface area (Å²) in [5, 5.41) is 1.87. The molecule has 1 N–H and O–H groups in total. The van der Waals surface area contributed by atoms with Gasteiger partial charge in [0.25, 0.3) is 0 Å². The molecule has 20 heavy (non-hydrogen) atoms. The number of benzene rings is 1. The Balaban J connectivity index is 3.16.